The van der Waals surface area contributed by atoms with E-state index < -0.39 is 39.3 Å². The molecule has 1 amide bonds. The van der Waals surface area contributed by atoms with E-state index in [1.54, 1.807) is 12.3 Å². The standard InChI is InChI=1S/C22H22F2N2O4S/c1-30-20-4-2-3-19-22(20)17(11-25-19)16(15-6-5-13(23)9-18(15)24)10-21(27)26-14-7-8-31(28,29)12-14/h2-6,9,11,14,16,25H,7-8,10,12H2,1H3,(H,26,27)/t14-,16+/m0/s1. The van der Waals surface area contributed by atoms with Gasteiger partial charge in [-0.15, -0.1) is 0 Å². The number of ether oxygens (including phenoxy) is 1. The van der Waals surface area contributed by atoms with Gasteiger partial charge < -0.3 is 15.0 Å². The number of benzene rings is 2. The van der Waals surface area contributed by atoms with Crippen LogP contribution >= 0.6 is 0 Å². The molecular formula is C22H22F2N2O4S. The van der Waals surface area contributed by atoms with Gasteiger partial charge in [-0.25, -0.2) is 17.2 Å². The number of halogens is 2. The van der Waals surface area contributed by atoms with Gasteiger partial charge in [-0.1, -0.05) is 12.1 Å². The lowest BCUT2D eigenvalue weighted by molar-refractivity contribution is -0.121. The first kappa shape index (κ1) is 21.3. The number of carbonyl (C=O) groups is 1. The zero-order chi connectivity index (χ0) is 22.2. The highest BCUT2D eigenvalue weighted by atomic mass is 32.2. The first-order valence-corrected chi connectivity index (χ1v) is 11.7. The summed E-state index contributed by atoms with van der Waals surface area (Å²) in [5, 5.41) is 3.45. The van der Waals surface area contributed by atoms with Gasteiger partial charge in [0.15, 0.2) is 9.84 Å². The number of aromatic nitrogens is 1. The maximum absolute atomic E-state index is 14.7. The van der Waals surface area contributed by atoms with E-state index in [1.165, 1.54) is 13.2 Å². The van der Waals surface area contributed by atoms with Crippen LogP contribution in [0.1, 0.15) is 29.9 Å². The van der Waals surface area contributed by atoms with E-state index in [4.69, 9.17) is 4.74 Å². The number of amides is 1. The van der Waals surface area contributed by atoms with Crippen molar-refractivity contribution in [1.82, 2.24) is 10.3 Å². The molecule has 3 aromatic rings. The molecule has 2 aromatic carbocycles. The number of hydrogen-bond acceptors (Lipinski definition) is 4. The van der Waals surface area contributed by atoms with Crippen molar-refractivity contribution in [3.63, 3.8) is 0 Å². The summed E-state index contributed by atoms with van der Waals surface area (Å²) in [5.74, 6) is -2.11. The third-order valence-electron chi connectivity index (χ3n) is 5.62. The van der Waals surface area contributed by atoms with Crippen LogP contribution in [-0.2, 0) is 14.6 Å². The quantitative estimate of drug-likeness (QED) is 0.606. The van der Waals surface area contributed by atoms with Crippen LogP contribution < -0.4 is 10.1 Å². The number of carbonyl (C=O) groups excluding carboxylic acids is 1. The van der Waals surface area contributed by atoms with Crippen LogP contribution in [0.15, 0.2) is 42.6 Å². The molecule has 164 valence electrons. The average Bonchev–Trinajstić information content (AvgIpc) is 3.29. The van der Waals surface area contributed by atoms with E-state index in [0.717, 1.165) is 17.6 Å². The van der Waals surface area contributed by atoms with E-state index in [9.17, 15) is 22.0 Å². The van der Waals surface area contributed by atoms with Crippen LogP contribution in [0.25, 0.3) is 10.9 Å². The molecule has 1 saturated heterocycles. The van der Waals surface area contributed by atoms with Crippen molar-refractivity contribution < 1.29 is 26.7 Å². The molecule has 4 rings (SSSR count). The second-order valence-corrected chi connectivity index (χ2v) is 9.95. The minimum atomic E-state index is -3.15. The third-order valence-corrected chi connectivity index (χ3v) is 7.39. The maximum atomic E-state index is 14.7. The smallest absolute Gasteiger partial charge is 0.221 e. The van der Waals surface area contributed by atoms with Gasteiger partial charge >= 0.3 is 0 Å². The molecule has 1 aliphatic heterocycles. The van der Waals surface area contributed by atoms with E-state index in [1.807, 2.05) is 12.1 Å². The summed E-state index contributed by atoms with van der Waals surface area (Å²) in [6.07, 6.45) is 1.91. The van der Waals surface area contributed by atoms with Crippen molar-refractivity contribution in [2.24, 2.45) is 0 Å². The number of sulfone groups is 1. The summed E-state index contributed by atoms with van der Waals surface area (Å²) < 4.78 is 57.1. The fourth-order valence-electron chi connectivity index (χ4n) is 4.17. The highest BCUT2D eigenvalue weighted by Gasteiger charge is 2.31. The Morgan fingerprint density at radius 2 is 2.06 bits per heavy atom. The molecule has 1 aromatic heterocycles. The molecular weight excluding hydrogens is 426 g/mol. The molecule has 2 atom stereocenters. The predicted octanol–water partition coefficient (Wildman–Crippen LogP) is 3.28. The molecule has 0 aliphatic carbocycles. The van der Waals surface area contributed by atoms with Crippen molar-refractivity contribution in [3.05, 3.63) is 65.4 Å². The second-order valence-electron chi connectivity index (χ2n) is 7.72. The third kappa shape index (κ3) is 4.41. The van der Waals surface area contributed by atoms with Crippen LogP contribution in [0.2, 0.25) is 0 Å². The number of nitrogens with one attached hydrogen (secondary N) is 2. The van der Waals surface area contributed by atoms with Crippen molar-refractivity contribution in [2.45, 2.75) is 24.8 Å². The SMILES string of the molecule is COc1cccc2[nH]cc([C@H](CC(=O)N[C@H]3CCS(=O)(=O)C3)c3ccc(F)cc3F)c12. The Morgan fingerprint density at radius 1 is 1.26 bits per heavy atom. The zero-order valence-corrected chi connectivity index (χ0v) is 17.6. The van der Waals surface area contributed by atoms with E-state index >= 15 is 0 Å². The Balaban J connectivity index is 1.72. The van der Waals surface area contributed by atoms with E-state index in [-0.39, 0.29) is 23.5 Å². The number of aromatic amines is 1. The molecule has 0 radical (unpaired) electrons. The summed E-state index contributed by atoms with van der Waals surface area (Å²) in [7, 11) is -1.63. The lowest BCUT2D eigenvalue weighted by Gasteiger charge is -2.20. The molecule has 2 heterocycles. The van der Waals surface area contributed by atoms with Crippen LogP contribution in [0, 0.1) is 11.6 Å². The van der Waals surface area contributed by atoms with Gasteiger partial charge in [0.05, 0.1) is 18.6 Å². The van der Waals surface area contributed by atoms with Crippen LogP contribution in [0.4, 0.5) is 8.78 Å². The van der Waals surface area contributed by atoms with Gasteiger partial charge in [0.1, 0.15) is 17.4 Å². The largest absolute Gasteiger partial charge is 0.496 e. The van der Waals surface area contributed by atoms with Gasteiger partial charge in [0.25, 0.3) is 0 Å². The van der Waals surface area contributed by atoms with Crippen molar-refractivity contribution >= 4 is 26.6 Å². The van der Waals surface area contributed by atoms with Crippen LogP contribution in [-0.4, -0.2) is 44.0 Å². The Labute approximate surface area is 178 Å². The fourth-order valence-corrected chi connectivity index (χ4v) is 5.85. The van der Waals surface area contributed by atoms with Crippen molar-refractivity contribution in [2.75, 3.05) is 18.6 Å². The lowest BCUT2D eigenvalue weighted by Crippen LogP contribution is -2.36. The number of H-pyrrole nitrogens is 1. The number of fused-ring (bicyclic) bond motifs is 1. The Hall–Kier alpha value is -2.94. The fraction of sp³-hybridized carbons (Fsp3) is 0.318. The monoisotopic (exact) mass is 448 g/mol. The minimum absolute atomic E-state index is 0.0353. The molecule has 2 N–H and O–H groups in total. The topological polar surface area (TPSA) is 88.3 Å². The number of rotatable bonds is 6. The summed E-state index contributed by atoms with van der Waals surface area (Å²) in [5.41, 5.74) is 1.55. The summed E-state index contributed by atoms with van der Waals surface area (Å²) in [6.45, 7) is 0. The maximum Gasteiger partial charge on any atom is 0.221 e. The number of hydrogen-bond donors (Lipinski definition) is 2. The first-order chi connectivity index (χ1) is 14.8. The summed E-state index contributed by atoms with van der Waals surface area (Å²) >= 11 is 0. The zero-order valence-electron chi connectivity index (χ0n) is 16.8. The lowest BCUT2D eigenvalue weighted by atomic mass is 9.87. The Kier molecular flexibility index (Phi) is 5.70. The molecule has 1 aliphatic rings. The minimum Gasteiger partial charge on any atom is -0.496 e. The molecule has 0 bridgehead atoms. The number of methoxy groups -OCH3 is 1. The van der Waals surface area contributed by atoms with E-state index in [0.29, 0.717) is 23.1 Å². The molecule has 9 heteroatoms. The Morgan fingerprint density at radius 3 is 2.74 bits per heavy atom. The van der Waals surface area contributed by atoms with Gasteiger partial charge in [-0.05, 0) is 35.7 Å². The molecule has 0 saturated carbocycles. The predicted molar refractivity (Wildman–Crippen MR) is 113 cm³/mol. The molecule has 31 heavy (non-hydrogen) atoms. The van der Waals surface area contributed by atoms with Crippen LogP contribution in [0.3, 0.4) is 0 Å². The highest BCUT2D eigenvalue weighted by molar-refractivity contribution is 7.91. The first-order valence-electron chi connectivity index (χ1n) is 9.86. The molecule has 6 nitrogen and oxygen atoms in total. The summed E-state index contributed by atoms with van der Waals surface area (Å²) in [6, 6.07) is 8.21. The highest BCUT2D eigenvalue weighted by Crippen LogP contribution is 2.38. The van der Waals surface area contributed by atoms with E-state index in [2.05, 4.69) is 10.3 Å². The van der Waals surface area contributed by atoms with Crippen molar-refractivity contribution in [3.8, 4) is 5.75 Å². The average molecular weight is 448 g/mol. The molecule has 0 spiro atoms. The van der Waals surface area contributed by atoms with Gasteiger partial charge in [0, 0.05) is 41.5 Å². The van der Waals surface area contributed by atoms with Gasteiger partial charge in [-0.3, -0.25) is 4.79 Å². The van der Waals surface area contributed by atoms with Crippen LogP contribution in [0.5, 0.6) is 5.75 Å². The Bertz CT molecular complexity index is 1240. The normalized spacial score (nSPS) is 18.7. The van der Waals surface area contributed by atoms with Gasteiger partial charge in [0.2, 0.25) is 5.91 Å². The second kappa shape index (κ2) is 8.30. The summed E-state index contributed by atoms with van der Waals surface area (Å²) in [4.78, 5) is 15.9. The molecule has 1 fully saturated rings. The van der Waals surface area contributed by atoms with Crippen molar-refractivity contribution in [1.29, 1.82) is 0 Å². The molecule has 0 unspecified atom stereocenters. The van der Waals surface area contributed by atoms with Gasteiger partial charge in [-0.2, -0.15) is 0 Å².